The molecule has 156 valence electrons. The second-order valence-corrected chi connectivity index (χ2v) is 5.39. The normalized spacial score (nSPS) is 13.4. The van der Waals surface area contributed by atoms with E-state index in [1.54, 1.807) is 0 Å². The lowest BCUT2D eigenvalue weighted by molar-refractivity contribution is -0.167. The van der Waals surface area contributed by atoms with Crippen LogP contribution in [0.1, 0.15) is 26.2 Å². The van der Waals surface area contributed by atoms with Crippen LogP contribution >= 0.6 is 0 Å². The van der Waals surface area contributed by atoms with E-state index < -0.39 is 79.1 Å². The van der Waals surface area contributed by atoms with E-state index >= 15 is 0 Å². The third-order valence-corrected chi connectivity index (χ3v) is 2.88. The highest BCUT2D eigenvalue weighted by Crippen LogP contribution is 2.03. The van der Waals surface area contributed by atoms with Crippen molar-refractivity contribution in [2.24, 2.45) is 11.5 Å². The van der Waals surface area contributed by atoms with E-state index in [0.717, 1.165) is 6.92 Å². The molecular weight excluding hydrogens is 386 g/mol. The van der Waals surface area contributed by atoms with Crippen molar-refractivity contribution < 1.29 is 53.2 Å². The molecule has 0 rings (SSSR count). The Hall–Kier alpha value is -3.39. The molecule has 0 bridgehead atoms. The van der Waals surface area contributed by atoms with Gasteiger partial charge in [-0.2, -0.15) is 0 Å². The summed E-state index contributed by atoms with van der Waals surface area (Å²) in [5.41, 5.74) is 10.2. The van der Waals surface area contributed by atoms with Crippen molar-refractivity contribution in [3.05, 3.63) is 0 Å². The summed E-state index contributed by atoms with van der Waals surface area (Å²) in [6, 6.07) is -5.00. The number of carboxylic acid groups (broad SMARTS) is 2. The van der Waals surface area contributed by atoms with Gasteiger partial charge < -0.3 is 36.5 Å². The highest BCUT2D eigenvalue weighted by Gasteiger charge is 2.30. The third-order valence-electron chi connectivity index (χ3n) is 2.88. The van der Waals surface area contributed by atoms with Crippen molar-refractivity contribution in [2.45, 2.75) is 44.3 Å². The molecule has 7 N–H and O–H groups in total. The number of nitrogens with one attached hydrogen (secondary N) is 1. The summed E-state index contributed by atoms with van der Waals surface area (Å²) in [5, 5.41) is 19.1. The summed E-state index contributed by atoms with van der Waals surface area (Å²) in [5.74, 6) is -9.22. The van der Waals surface area contributed by atoms with Crippen molar-refractivity contribution >= 4 is 41.7 Å². The Morgan fingerprint density at radius 2 is 1.18 bits per heavy atom. The summed E-state index contributed by atoms with van der Waals surface area (Å²) in [7, 11) is 0. The topological polar surface area (TPSA) is 242 Å². The average molecular weight is 405 g/mol. The molecule has 0 saturated carbocycles. The molecule has 0 aromatic heterocycles. The number of carboxylic acids is 2. The van der Waals surface area contributed by atoms with Crippen LogP contribution in [-0.2, 0) is 43.0 Å². The molecule has 28 heavy (non-hydrogen) atoms. The molecule has 0 radical (unpaired) electrons. The predicted octanol–water partition coefficient (Wildman–Crippen LogP) is -3.38. The Labute approximate surface area is 157 Å². The second kappa shape index (κ2) is 11.3. The van der Waals surface area contributed by atoms with Crippen LogP contribution in [0.25, 0.3) is 0 Å². The van der Waals surface area contributed by atoms with Crippen LogP contribution in [0.2, 0.25) is 0 Å². The summed E-state index contributed by atoms with van der Waals surface area (Å²) in [6.45, 7) is 0.977. The van der Waals surface area contributed by atoms with Crippen LogP contribution in [0, 0.1) is 0 Å². The molecule has 3 atom stereocenters. The van der Waals surface area contributed by atoms with Gasteiger partial charge in [0, 0.05) is 6.92 Å². The molecule has 0 aromatic rings. The van der Waals surface area contributed by atoms with Gasteiger partial charge in [0.25, 0.3) is 0 Å². The molecule has 0 saturated heterocycles. The first-order valence-electron chi connectivity index (χ1n) is 7.55. The molecule has 0 heterocycles. The largest absolute Gasteiger partial charge is 0.480 e. The lowest BCUT2D eigenvalue weighted by Crippen LogP contribution is -2.44. The molecule has 14 heteroatoms. The number of esters is 4. The monoisotopic (exact) mass is 405 g/mol. The van der Waals surface area contributed by atoms with Gasteiger partial charge in [-0.05, 0) is 0 Å². The molecule has 0 aliphatic heterocycles. The minimum Gasteiger partial charge on any atom is -0.480 e. The predicted molar refractivity (Wildman–Crippen MR) is 84.9 cm³/mol. The molecule has 0 spiro atoms. The SMILES string of the molecule is CC(=O)N[C@@H](CC(=O)OC(=O)C[C@H](N)C(=O)O)C(=O)OC(=O)C[C@H](N)C(=O)O. The summed E-state index contributed by atoms with van der Waals surface area (Å²) in [6.07, 6.45) is -2.63. The Bertz CT molecular complexity index is 675. The van der Waals surface area contributed by atoms with Crippen molar-refractivity contribution in [3.63, 3.8) is 0 Å². The Morgan fingerprint density at radius 3 is 1.57 bits per heavy atom. The van der Waals surface area contributed by atoms with E-state index in [2.05, 4.69) is 9.47 Å². The summed E-state index contributed by atoms with van der Waals surface area (Å²) < 4.78 is 8.58. The molecule has 0 fully saturated rings. The van der Waals surface area contributed by atoms with Gasteiger partial charge in [0.05, 0.1) is 19.3 Å². The number of ether oxygens (including phenoxy) is 2. The van der Waals surface area contributed by atoms with Gasteiger partial charge in [-0.15, -0.1) is 0 Å². The summed E-state index contributed by atoms with van der Waals surface area (Å²) >= 11 is 0. The first kappa shape index (κ1) is 24.6. The van der Waals surface area contributed by atoms with Gasteiger partial charge in [0.2, 0.25) is 5.91 Å². The Morgan fingerprint density at radius 1 is 0.786 bits per heavy atom. The van der Waals surface area contributed by atoms with Crippen molar-refractivity contribution in [1.82, 2.24) is 5.32 Å². The van der Waals surface area contributed by atoms with Gasteiger partial charge in [0.15, 0.2) is 0 Å². The van der Waals surface area contributed by atoms with E-state index in [4.69, 9.17) is 21.7 Å². The zero-order valence-electron chi connectivity index (χ0n) is 14.6. The minimum absolute atomic E-state index is 0.802. The number of nitrogens with two attached hydrogens (primary N) is 2. The smallest absolute Gasteiger partial charge is 0.336 e. The van der Waals surface area contributed by atoms with Crippen LogP contribution in [0.5, 0.6) is 0 Å². The van der Waals surface area contributed by atoms with Gasteiger partial charge >= 0.3 is 35.8 Å². The van der Waals surface area contributed by atoms with Crippen molar-refractivity contribution in [2.75, 3.05) is 0 Å². The van der Waals surface area contributed by atoms with E-state index in [0.29, 0.717) is 0 Å². The number of hydrogen-bond acceptors (Lipinski definition) is 11. The second-order valence-electron chi connectivity index (χ2n) is 5.39. The van der Waals surface area contributed by atoms with Gasteiger partial charge in [-0.3, -0.25) is 28.8 Å². The quantitative estimate of drug-likeness (QED) is 0.176. The standard InChI is InChI=1S/C14H19N3O11/c1-5(18)17-8(14(26)28-10(20)3-7(16)13(24)25)4-11(21)27-9(19)2-6(15)12(22)23/h6-8H,2-4,15-16H2,1H3,(H,17,18)(H,22,23)(H,24,25)/t6-,7-,8-/m0/s1. The van der Waals surface area contributed by atoms with Crippen molar-refractivity contribution in [3.8, 4) is 0 Å². The molecule has 0 aliphatic carbocycles. The lowest BCUT2D eigenvalue weighted by Gasteiger charge is -2.15. The number of carbonyl (C=O) groups excluding carboxylic acids is 5. The molecule has 1 amide bonds. The summed E-state index contributed by atoms with van der Waals surface area (Å²) in [4.78, 5) is 78.6. The van der Waals surface area contributed by atoms with Crippen LogP contribution in [0.15, 0.2) is 0 Å². The molecule has 14 nitrogen and oxygen atoms in total. The number of amides is 1. The van der Waals surface area contributed by atoms with Crippen LogP contribution in [0.4, 0.5) is 0 Å². The number of hydrogen-bond donors (Lipinski definition) is 5. The zero-order valence-corrected chi connectivity index (χ0v) is 14.6. The molecule has 0 aliphatic rings. The minimum atomic E-state index is -1.74. The van der Waals surface area contributed by atoms with E-state index in [1.165, 1.54) is 0 Å². The van der Waals surface area contributed by atoms with Crippen LogP contribution in [0.3, 0.4) is 0 Å². The lowest BCUT2D eigenvalue weighted by atomic mass is 10.2. The average Bonchev–Trinajstić information content (AvgIpc) is 2.52. The maximum absolute atomic E-state index is 11.9. The van der Waals surface area contributed by atoms with Gasteiger partial charge in [-0.1, -0.05) is 0 Å². The van der Waals surface area contributed by atoms with Gasteiger partial charge in [0.1, 0.15) is 18.1 Å². The number of aliphatic carboxylic acids is 2. The van der Waals surface area contributed by atoms with Gasteiger partial charge in [-0.25, -0.2) is 4.79 Å². The van der Waals surface area contributed by atoms with E-state index in [-0.39, 0.29) is 0 Å². The maximum atomic E-state index is 11.9. The van der Waals surface area contributed by atoms with E-state index in [9.17, 15) is 33.6 Å². The third kappa shape index (κ3) is 9.93. The van der Waals surface area contributed by atoms with E-state index in [1.807, 2.05) is 5.32 Å². The Balaban J connectivity index is 4.86. The van der Waals surface area contributed by atoms with Crippen LogP contribution in [-0.4, -0.2) is 70.1 Å². The first-order chi connectivity index (χ1) is 12.8. The fraction of sp³-hybridized carbons (Fsp3) is 0.500. The Kier molecular flexibility index (Phi) is 9.98. The number of carbonyl (C=O) groups is 7. The molecule has 0 aromatic carbocycles. The maximum Gasteiger partial charge on any atom is 0.336 e. The van der Waals surface area contributed by atoms with Crippen LogP contribution < -0.4 is 16.8 Å². The molecular formula is C14H19N3O11. The fourth-order valence-electron chi connectivity index (χ4n) is 1.57. The fourth-order valence-corrected chi connectivity index (χ4v) is 1.57. The van der Waals surface area contributed by atoms with Crippen molar-refractivity contribution in [1.29, 1.82) is 0 Å². The highest BCUT2D eigenvalue weighted by molar-refractivity contribution is 5.96. The zero-order chi connectivity index (χ0) is 22.0. The highest BCUT2D eigenvalue weighted by atomic mass is 16.6. The first-order valence-corrected chi connectivity index (χ1v) is 7.55. The molecule has 0 unspecified atom stereocenters. The number of rotatable bonds is 10.